The van der Waals surface area contributed by atoms with Gasteiger partial charge in [0, 0.05) is 0 Å². The molecular formula is C32H65O4P. The highest BCUT2D eigenvalue weighted by Crippen LogP contribution is 2.54. The van der Waals surface area contributed by atoms with Gasteiger partial charge in [0.25, 0.3) is 0 Å². The summed E-state index contributed by atoms with van der Waals surface area (Å²) in [7, 11) is -4.50. The van der Waals surface area contributed by atoms with Crippen molar-refractivity contribution in [3.8, 4) is 0 Å². The molecule has 222 valence electrons. The summed E-state index contributed by atoms with van der Waals surface area (Å²) in [6.45, 7) is 8.84. The second-order valence-electron chi connectivity index (χ2n) is 12.9. The Balaban J connectivity index is 2.04. The summed E-state index contributed by atoms with van der Waals surface area (Å²) < 4.78 is 17.5. The van der Waals surface area contributed by atoms with E-state index in [1.807, 2.05) is 0 Å². The molecule has 0 bridgehead atoms. The number of rotatable bonds is 24. The first-order chi connectivity index (χ1) is 17.7. The van der Waals surface area contributed by atoms with Gasteiger partial charge in [0.15, 0.2) is 0 Å². The summed E-state index contributed by atoms with van der Waals surface area (Å²) >= 11 is 0. The summed E-state index contributed by atoms with van der Waals surface area (Å²) in [5.41, 5.74) is -0.654. The standard InChI is InChI=1S/C32H65O4P/c1-5-6-7-8-9-10-11-12-13-14-15-16-17-18-19-20-21-22-23-24-27-32(36-37(33,34)35)28-30(4)25-26-31(32)29(2)3/h29-31H,5-28H2,1-4H3,(H2,33,34,35). The van der Waals surface area contributed by atoms with Crippen molar-refractivity contribution < 1.29 is 18.9 Å². The highest BCUT2D eigenvalue weighted by Gasteiger charge is 2.48. The van der Waals surface area contributed by atoms with Crippen molar-refractivity contribution >= 4 is 7.82 Å². The Morgan fingerprint density at radius 3 is 1.43 bits per heavy atom. The maximum atomic E-state index is 11.9. The Bertz CT molecular complexity index is 575. The fourth-order valence-electron chi connectivity index (χ4n) is 6.87. The minimum Gasteiger partial charge on any atom is -0.303 e. The molecule has 0 saturated heterocycles. The highest BCUT2D eigenvalue weighted by molar-refractivity contribution is 7.46. The SMILES string of the molecule is CCCCCCCCCCCCCCCCCCCCCCC1(OP(=O)(O)O)CC(C)CCC1C(C)C. The quantitative estimate of drug-likeness (QED) is 0.0936. The Morgan fingerprint density at radius 2 is 1.08 bits per heavy atom. The van der Waals surface area contributed by atoms with Gasteiger partial charge >= 0.3 is 7.82 Å². The van der Waals surface area contributed by atoms with Crippen LogP contribution in [0.5, 0.6) is 0 Å². The minimum atomic E-state index is -4.50. The van der Waals surface area contributed by atoms with Crippen molar-refractivity contribution in [1.82, 2.24) is 0 Å². The van der Waals surface area contributed by atoms with Crippen LogP contribution < -0.4 is 0 Å². The fourth-order valence-corrected chi connectivity index (χ4v) is 7.64. The van der Waals surface area contributed by atoms with Gasteiger partial charge in [-0.25, -0.2) is 4.57 Å². The summed E-state index contributed by atoms with van der Waals surface area (Å²) in [4.78, 5) is 19.4. The van der Waals surface area contributed by atoms with E-state index >= 15 is 0 Å². The average molecular weight is 545 g/mol. The van der Waals surface area contributed by atoms with Gasteiger partial charge in [0.05, 0.1) is 5.60 Å². The molecule has 0 amide bonds. The van der Waals surface area contributed by atoms with E-state index in [2.05, 4.69) is 27.7 Å². The van der Waals surface area contributed by atoms with Crippen molar-refractivity contribution in [2.75, 3.05) is 0 Å². The fraction of sp³-hybridized carbons (Fsp3) is 1.00. The molecule has 0 spiro atoms. The molecule has 3 atom stereocenters. The van der Waals surface area contributed by atoms with Crippen molar-refractivity contribution in [2.24, 2.45) is 17.8 Å². The number of unbranched alkanes of at least 4 members (excludes halogenated alkanes) is 19. The van der Waals surface area contributed by atoms with Gasteiger partial charge in [-0.1, -0.05) is 163 Å². The smallest absolute Gasteiger partial charge is 0.303 e. The number of phosphoric acid groups is 1. The molecule has 0 heterocycles. The van der Waals surface area contributed by atoms with Crippen LogP contribution >= 0.6 is 7.82 Å². The second-order valence-corrected chi connectivity index (χ2v) is 14.0. The van der Waals surface area contributed by atoms with Gasteiger partial charge in [0.2, 0.25) is 0 Å². The summed E-state index contributed by atoms with van der Waals surface area (Å²) in [5.74, 6) is 1.08. The van der Waals surface area contributed by atoms with Gasteiger partial charge in [0.1, 0.15) is 0 Å². The van der Waals surface area contributed by atoms with Crippen molar-refractivity contribution in [3.63, 3.8) is 0 Å². The zero-order valence-corrected chi connectivity index (χ0v) is 26.3. The molecule has 3 unspecified atom stereocenters. The van der Waals surface area contributed by atoms with E-state index in [1.54, 1.807) is 0 Å². The molecule has 1 rings (SSSR count). The zero-order valence-electron chi connectivity index (χ0n) is 25.4. The molecule has 0 radical (unpaired) electrons. The van der Waals surface area contributed by atoms with Gasteiger partial charge < -0.3 is 9.79 Å². The maximum Gasteiger partial charge on any atom is 0.470 e. The molecule has 1 aliphatic rings. The third-order valence-corrected chi connectivity index (χ3v) is 9.50. The van der Waals surface area contributed by atoms with E-state index in [0.717, 1.165) is 38.5 Å². The second kappa shape index (κ2) is 20.9. The molecule has 1 saturated carbocycles. The number of hydrogen-bond donors (Lipinski definition) is 2. The molecular weight excluding hydrogens is 479 g/mol. The van der Waals surface area contributed by atoms with E-state index in [0.29, 0.717) is 11.8 Å². The van der Waals surface area contributed by atoms with E-state index in [9.17, 15) is 14.4 Å². The topological polar surface area (TPSA) is 66.8 Å². The zero-order chi connectivity index (χ0) is 27.4. The van der Waals surface area contributed by atoms with Crippen LogP contribution in [0.2, 0.25) is 0 Å². The third kappa shape index (κ3) is 17.4. The Labute approximate surface area is 231 Å². The lowest BCUT2D eigenvalue weighted by Gasteiger charge is -2.48. The largest absolute Gasteiger partial charge is 0.470 e. The first-order valence-electron chi connectivity index (χ1n) is 16.5. The average Bonchev–Trinajstić information content (AvgIpc) is 2.81. The first kappa shape index (κ1) is 35.1. The van der Waals surface area contributed by atoms with Crippen LogP contribution in [0.15, 0.2) is 0 Å². The van der Waals surface area contributed by atoms with E-state index < -0.39 is 13.4 Å². The van der Waals surface area contributed by atoms with Crippen molar-refractivity contribution in [1.29, 1.82) is 0 Å². The molecule has 37 heavy (non-hydrogen) atoms. The molecule has 2 N–H and O–H groups in total. The normalized spacial score (nSPS) is 22.7. The van der Waals surface area contributed by atoms with E-state index in [4.69, 9.17) is 4.52 Å². The molecule has 0 aromatic rings. The van der Waals surface area contributed by atoms with Crippen molar-refractivity contribution in [3.05, 3.63) is 0 Å². The van der Waals surface area contributed by atoms with Gasteiger partial charge in [-0.2, -0.15) is 0 Å². The van der Waals surface area contributed by atoms with Crippen LogP contribution in [-0.2, 0) is 9.09 Å². The molecule has 0 aliphatic heterocycles. The number of hydrogen-bond acceptors (Lipinski definition) is 2. The molecule has 4 nitrogen and oxygen atoms in total. The predicted molar refractivity (Wildman–Crippen MR) is 160 cm³/mol. The molecule has 0 aromatic heterocycles. The first-order valence-corrected chi connectivity index (χ1v) is 18.0. The Hall–Kier alpha value is 0.110. The molecule has 0 aromatic carbocycles. The van der Waals surface area contributed by atoms with Crippen LogP contribution in [0.25, 0.3) is 0 Å². The lowest BCUT2D eigenvalue weighted by Crippen LogP contribution is -2.47. The predicted octanol–water partition coefficient (Wildman–Crippen LogP) is 11.1. The molecule has 5 heteroatoms. The van der Waals surface area contributed by atoms with Crippen LogP contribution in [-0.4, -0.2) is 15.4 Å². The highest BCUT2D eigenvalue weighted by atomic mass is 31.2. The van der Waals surface area contributed by atoms with Gasteiger partial charge in [-0.15, -0.1) is 0 Å². The minimum absolute atomic E-state index is 0.233. The summed E-state index contributed by atoms with van der Waals surface area (Å²) in [5, 5.41) is 0. The monoisotopic (exact) mass is 544 g/mol. The molecule has 1 fully saturated rings. The van der Waals surface area contributed by atoms with E-state index in [-0.39, 0.29) is 5.92 Å². The van der Waals surface area contributed by atoms with E-state index in [1.165, 1.54) is 116 Å². The van der Waals surface area contributed by atoms with Crippen LogP contribution in [0, 0.1) is 17.8 Å². The molecule has 1 aliphatic carbocycles. The van der Waals surface area contributed by atoms with Crippen LogP contribution in [0.3, 0.4) is 0 Å². The Morgan fingerprint density at radius 1 is 0.703 bits per heavy atom. The van der Waals surface area contributed by atoms with Crippen LogP contribution in [0.1, 0.15) is 182 Å². The van der Waals surface area contributed by atoms with Crippen LogP contribution in [0.4, 0.5) is 0 Å². The number of phosphoric ester groups is 1. The lowest BCUT2D eigenvalue weighted by molar-refractivity contribution is -0.0806. The summed E-state index contributed by atoms with van der Waals surface area (Å²) in [6, 6.07) is 0. The third-order valence-electron chi connectivity index (χ3n) is 8.90. The lowest BCUT2D eigenvalue weighted by atomic mass is 9.65. The maximum absolute atomic E-state index is 11.9. The Kier molecular flexibility index (Phi) is 19.9. The van der Waals surface area contributed by atoms with Gasteiger partial charge in [-0.3, -0.25) is 4.52 Å². The van der Waals surface area contributed by atoms with Crippen molar-refractivity contribution in [2.45, 2.75) is 187 Å². The summed E-state index contributed by atoms with van der Waals surface area (Å²) in [6.07, 6.45) is 31.0. The van der Waals surface area contributed by atoms with Gasteiger partial charge in [-0.05, 0) is 37.0 Å².